The van der Waals surface area contributed by atoms with Crippen molar-refractivity contribution in [2.75, 3.05) is 40.5 Å². The molecule has 1 aromatic rings. The van der Waals surface area contributed by atoms with Gasteiger partial charge in [0.15, 0.2) is 5.96 Å². The fourth-order valence-electron chi connectivity index (χ4n) is 2.50. The average Bonchev–Trinajstić information content (AvgIpc) is 2.96. The van der Waals surface area contributed by atoms with Crippen LogP contribution in [-0.4, -0.2) is 57.4 Å². The molecular formula is C16H27BrIN3O2S. The molecule has 5 nitrogen and oxygen atoms in total. The van der Waals surface area contributed by atoms with Crippen LogP contribution in [0.3, 0.4) is 0 Å². The largest absolute Gasteiger partial charge is 0.381 e. The summed E-state index contributed by atoms with van der Waals surface area (Å²) in [5.41, 5.74) is 0. The van der Waals surface area contributed by atoms with E-state index in [0.717, 1.165) is 61.9 Å². The molecule has 0 saturated carbocycles. The molecule has 0 bridgehead atoms. The van der Waals surface area contributed by atoms with E-state index in [1.54, 1.807) is 11.3 Å². The summed E-state index contributed by atoms with van der Waals surface area (Å²) in [6.07, 6.45) is 3.40. The predicted octanol–water partition coefficient (Wildman–Crippen LogP) is 3.72. The van der Waals surface area contributed by atoms with Gasteiger partial charge in [-0.25, -0.2) is 0 Å². The molecule has 1 aromatic heterocycles. The minimum absolute atomic E-state index is 0. The van der Waals surface area contributed by atoms with E-state index in [2.05, 4.69) is 50.3 Å². The summed E-state index contributed by atoms with van der Waals surface area (Å²) in [5, 5.41) is 3.40. The van der Waals surface area contributed by atoms with E-state index in [1.165, 1.54) is 4.88 Å². The molecule has 2 rings (SSSR count). The number of thiophene rings is 1. The maximum Gasteiger partial charge on any atom is 0.193 e. The van der Waals surface area contributed by atoms with Crippen LogP contribution < -0.4 is 5.32 Å². The van der Waals surface area contributed by atoms with Gasteiger partial charge in [0.1, 0.15) is 0 Å². The van der Waals surface area contributed by atoms with Crippen molar-refractivity contribution in [3.8, 4) is 0 Å². The molecule has 1 aliphatic rings. The third kappa shape index (κ3) is 7.99. The Balaban J connectivity index is 0.00000288. The van der Waals surface area contributed by atoms with Crippen molar-refractivity contribution in [3.05, 3.63) is 20.8 Å². The molecular weight excluding hydrogens is 505 g/mol. The minimum atomic E-state index is 0. The summed E-state index contributed by atoms with van der Waals surface area (Å²) in [4.78, 5) is 7.79. The monoisotopic (exact) mass is 531 g/mol. The molecule has 1 fully saturated rings. The van der Waals surface area contributed by atoms with E-state index < -0.39 is 0 Å². The number of guanidine groups is 1. The Morgan fingerprint density at radius 3 is 2.83 bits per heavy atom. The molecule has 24 heavy (non-hydrogen) atoms. The standard InChI is InChI=1S/C16H26BrN3O2S.HI/c1-18-16(20(2)12-14-4-5-15(17)23-14)19-8-3-9-22-13-6-10-21-11-7-13;/h4-5,13H,3,6-12H2,1-2H3,(H,18,19);1H. The number of aliphatic imine (C=N–C) groups is 1. The zero-order valence-electron chi connectivity index (χ0n) is 14.3. The second-order valence-corrected chi connectivity index (χ2v) is 8.12. The Bertz CT molecular complexity index is 495. The number of ether oxygens (including phenoxy) is 2. The maximum absolute atomic E-state index is 5.88. The van der Waals surface area contributed by atoms with Gasteiger partial charge in [0.25, 0.3) is 0 Å². The smallest absolute Gasteiger partial charge is 0.193 e. The molecule has 0 aromatic carbocycles. The molecule has 1 N–H and O–H groups in total. The van der Waals surface area contributed by atoms with Gasteiger partial charge in [0.05, 0.1) is 16.4 Å². The second kappa shape index (κ2) is 12.5. The quantitative estimate of drug-likeness (QED) is 0.252. The molecule has 0 amide bonds. The number of halogens is 2. The number of hydrogen-bond acceptors (Lipinski definition) is 4. The van der Waals surface area contributed by atoms with Crippen molar-refractivity contribution in [3.63, 3.8) is 0 Å². The van der Waals surface area contributed by atoms with Crippen molar-refractivity contribution in [1.29, 1.82) is 0 Å². The third-order valence-electron chi connectivity index (χ3n) is 3.72. The van der Waals surface area contributed by atoms with E-state index in [-0.39, 0.29) is 24.0 Å². The molecule has 1 aliphatic heterocycles. The van der Waals surface area contributed by atoms with Crippen LogP contribution in [0.15, 0.2) is 20.9 Å². The second-order valence-electron chi connectivity index (χ2n) is 5.57. The van der Waals surface area contributed by atoms with Gasteiger partial charge in [0, 0.05) is 45.3 Å². The van der Waals surface area contributed by atoms with E-state index >= 15 is 0 Å². The number of nitrogens with zero attached hydrogens (tertiary/aromatic N) is 2. The average molecular weight is 532 g/mol. The lowest BCUT2D eigenvalue weighted by Crippen LogP contribution is -2.39. The molecule has 0 spiro atoms. The molecule has 0 aliphatic carbocycles. The van der Waals surface area contributed by atoms with Gasteiger partial charge in [-0.05, 0) is 47.3 Å². The first-order valence-electron chi connectivity index (χ1n) is 8.04. The van der Waals surface area contributed by atoms with Crippen LogP contribution in [0.2, 0.25) is 0 Å². The third-order valence-corrected chi connectivity index (χ3v) is 5.33. The van der Waals surface area contributed by atoms with Crippen molar-refractivity contribution in [2.45, 2.75) is 31.9 Å². The molecule has 8 heteroatoms. The van der Waals surface area contributed by atoms with Crippen LogP contribution in [0.1, 0.15) is 24.1 Å². The van der Waals surface area contributed by atoms with Crippen LogP contribution in [-0.2, 0) is 16.0 Å². The topological polar surface area (TPSA) is 46.1 Å². The summed E-state index contributed by atoms with van der Waals surface area (Å²) >= 11 is 5.25. The van der Waals surface area contributed by atoms with Gasteiger partial charge >= 0.3 is 0 Å². The summed E-state index contributed by atoms with van der Waals surface area (Å²) in [7, 11) is 3.88. The molecule has 0 atom stereocenters. The lowest BCUT2D eigenvalue weighted by molar-refractivity contribution is -0.0320. The maximum atomic E-state index is 5.88. The first kappa shape index (κ1) is 22.1. The highest BCUT2D eigenvalue weighted by atomic mass is 127. The van der Waals surface area contributed by atoms with Gasteiger partial charge in [-0.1, -0.05) is 0 Å². The van der Waals surface area contributed by atoms with Crippen molar-refractivity contribution >= 4 is 57.2 Å². The van der Waals surface area contributed by atoms with Gasteiger partial charge in [-0.3, -0.25) is 4.99 Å². The fraction of sp³-hybridized carbons (Fsp3) is 0.688. The van der Waals surface area contributed by atoms with E-state index in [9.17, 15) is 0 Å². The summed E-state index contributed by atoms with van der Waals surface area (Å²) < 4.78 is 12.4. The van der Waals surface area contributed by atoms with Gasteiger partial charge < -0.3 is 19.7 Å². The van der Waals surface area contributed by atoms with Gasteiger partial charge in [-0.2, -0.15) is 0 Å². The Hall–Kier alpha value is 0.1000. The van der Waals surface area contributed by atoms with Gasteiger partial charge in [0.2, 0.25) is 0 Å². The first-order chi connectivity index (χ1) is 11.2. The van der Waals surface area contributed by atoms with E-state index in [1.807, 2.05) is 7.05 Å². The van der Waals surface area contributed by atoms with Gasteiger partial charge in [-0.15, -0.1) is 35.3 Å². The Morgan fingerprint density at radius 2 is 2.21 bits per heavy atom. The van der Waals surface area contributed by atoms with Crippen LogP contribution in [0.25, 0.3) is 0 Å². The highest BCUT2D eigenvalue weighted by Gasteiger charge is 2.13. The van der Waals surface area contributed by atoms with E-state index in [4.69, 9.17) is 9.47 Å². The first-order valence-corrected chi connectivity index (χ1v) is 9.65. The zero-order chi connectivity index (χ0) is 16.5. The van der Waals surface area contributed by atoms with Crippen LogP contribution in [0.4, 0.5) is 0 Å². The Morgan fingerprint density at radius 1 is 1.46 bits per heavy atom. The summed E-state index contributed by atoms with van der Waals surface area (Å²) in [5.74, 6) is 0.917. The predicted molar refractivity (Wildman–Crippen MR) is 115 cm³/mol. The highest BCUT2D eigenvalue weighted by Crippen LogP contribution is 2.22. The Labute approximate surface area is 174 Å². The van der Waals surface area contributed by atoms with Crippen molar-refractivity contribution in [1.82, 2.24) is 10.2 Å². The highest BCUT2D eigenvalue weighted by molar-refractivity contribution is 14.0. The Kier molecular flexibility index (Phi) is 11.5. The number of hydrogen-bond donors (Lipinski definition) is 1. The van der Waals surface area contributed by atoms with Crippen LogP contribution >= 0.6 is 51.2 Å². The number of nitrogens with one attached hydrogen (secondary N) is 1. The normalized spacial score (nSPS) is 15.9. The van der Waals surface area contributed by atoms with Crippen molar-refractivity contribution < 1.29 is 9.47 Å². The molecule has 1 saturated heterocycles. The van der Waals surface area contributed by atoms with Crippen LogP contribution in [0.5, 0.6) is 0 Å². The lowest BCUT2D eigenvalue weighted by Gasteiger charge is -2.23. The lowest BCUT2D eigenvalue weighted by atomic mass is 10.1. The molecule has 0 radical (unpaired) electrons. The SMILES string of the molecule is CN=C(NCCCOC1CCOCC1)N(C)Cc1ccc(Br)s1.I. The zero-order valence-corrected chi connectivity index (χ0v) is 19.0. The fourth-order valence-corrected chi connectivity index (χ4v) is 4.03. The van der Waals surface area contributed by atoms with E-state index in [0.29, 0.717) is 6.10 Å². The minimum Gasteiger partial charge on any atom is -0.381 e. The van der Waals surface area contributed by atoms with Crippen LogP contribution in [0, 0.1) is 0 Å². The number of rotatable bonds is 7. The summed E-state index contributed by atoms with van der Waals surface area (Å²) in [6.45, 7) is 4.18. The molecule has 0 unspecified atom stereocenters. The summed E-state index contributed by atoms with van der Waals surface area (Å²) in [6, 6.07) is 4.22. The molecule has 2 heterocycles. The molecule has 138 valence electrons. The van der Waals surface area contributed by atoms with Crippen molar-refractivity contribution in [2.24, 2.45) is 4.99 Å².